The number of hydrogen-bond donors (Lipinski definition) is 3. The first-order valence-electron chi connectivity index (χ1n) is 15.9. The summed E-state index contributed by atoms with van der Waals surface area (Å²) in [7, 11) is 0. The van der Waals surface area contributed by atoms with E-state index in [-0.39, 0.29) is 29.7 Å². The molecule has 0 unspecified atom stereocenters. The third-order valence-corrected chi connectivity index (χ3v) is 8.80. The molecule has 2 aromatic carbocycles. The molecule has 0 spiro atoms. The van der Waals surface area contributed by atoms with Crippen molar-refractivity contribution in [3.63, 3.8) is 0 Å². The second-order valence-corrected chi connectivity index (χ2v) is 12.0. The molecule has 3 N–H and O–H groups in total. The number of benzene rings is 2. The fourth-order valence-corrected chi connectivity index (χ4v) is 6.37. The zero-order valence-electron chi connectivity index (χ0n) is 24.9. The highest BCUT2D eigenvalue weighted by atomic mass is 16.5. The van der Waals surface area contributed by atoms with Crippen molar-refractivity contribution in [3.05, 3.63) is 65.7 Å². The van der Waals surface area contributed by atoms with E-state index >= 15 is 0 Å². The molecule has 1 saturated carbocycles. The molecule has 2 bridgehead atoms. The molecular weight excluding hydrogens is 544 g/mol. The van der Waals surface area contributed by atoms with Crippen LogP contribution in [0.4, 0.5) is 0 Å². The number of hydrogen-bond acceptors (Lipinski definition) is 5. The molecule has 9 nitrogen and oxygen atoms in total. The van der Waals surface area contributed by atoms with Crippen molar-refractivity contribution >= 4 is 23.6 Å². The van der Waals surface area contributed by atoms with Crippen molar-refractivity contribution in [3.8, 4) is 5.75 Å². The van der Waals surface area contributed by atoms with Gasteiger partial charge < -0.3 is 25.6 Å². The Morgan fingerprint density at radius 3 is 2.44 bits per heavy atom. The lowest BCUT2D eigenvalue weighted by Crippen LogP contribution is -2.57. The number of carbonyl (C=O) groups excluding carboxylic acids is 4. The maximum Gasteiger partial charge on any atom is 0.243 e. The minimum Gasteiger partial charge on any atom is -0.494 e. The Balaban J connectivity index is 1.41. The predicted molar refractivity (Wildman–Crippen MR) is 163 cm³/mol. The van der Waals surface area contributed by atoms with Crippen molar-refractivity contribution in [2.75, 3.05) is 13.2 Å². The Morgan fingerprint density at radius 1 is 0.884 bits per heavy atom. The number of fused-ring (bicyclic) bond motifs is 2. The zero-order chi connectivity index (χ0) is 30.0. The highest BCUT2D eigenvalue weighted by Crippen LogP contribution is 2.22. The van der Waals surface area contributed by atoms with Gasteiger partial charge in [-0.25, -0.2) is 0 Å². The van der Waals surface area contributed by atoms with Gasteiger partial charge >= 0.3 is 0 Å². The number of carbonyl (C=O) groups is 4. The summed E-state index contributed by atoms with van der Waals surface area (Å²) in [5, 5.41) is 9.13. The van der Waals surface area contributed by atoms with E-state index < -0.39 is 18.1 Å². The van der Waals surface area contributed by atoms with E-state index in [2.05, 4.69) is 16.0 Å². The van der Waals surface area contributed by atoms with Crippen molar-refractivity contribution in [1.29, 1.82) is 0 Å². The van der Waals surface area contributed by atoms with Crippen LogP contribution in [0.1, 0.15) is 75.3 Å². The quantitative estimate of drug-likeness (QED) is 0.478. The number of aryl methyl sites for hydroxylation is 1. The molecule has 3 aliphatic rings. The summed E-state index contributed by atoms with van der Waals surface area (Å²) in [5.74, 6) is -0.276. The normalized spacial score (nSPS) is 24.2. The lowest BCUT2D eigenvalue weighted by molar-refractivity contribution is -0.139. The Hall–Kier alpha value is -3.88. The highest BCUT2D eigenvalue weighted by molar-refractivity contribution is 5.94. The first-order valence-corrected chi connectivity index (χ1v) is 15.9. The van der Waals surface area contributed by atoms with Crippen LogP contribution < -0.4 is 20.7 Å². The molecule has 1 saturated heterocycles. The van der Waals surface area contributed by atoms with Crippen LogP contribution in [0.3, 0.4) is 0 Å². The summed E-state index contributed by atoms with van der Waals surface area (Å²) < 4.78 is 6.00. The Kier molecular flexibility index (Phi) is 10.7. The molecule has 0 radical (unpaired) electrons. The molecule has 4 amide bonds. The van der Waals surface area contributed by atoms with Crippen LogP contribution in [0, 0.1) is 0 Å². The molecule has 2 aliphatic heterocycles. The number of ether oxygens (including phenoxy) is 1. The van der Waals surface area contributed by atoms with E-state index in [4.69, 9.17) is 4.74 Å². The van der Waals surface area contributed by atoms with Crippen LogP contribution in [-0.4, -0.2) is 65.8 Å². The number of nitrogens with one attached hydrogen (secondary N) is 3. The number of rotatable bonds is 6. The molecule has 43 heavy (non-hydrogen) atoms. The minimum absolute atomic E-state index is 0.0594. The Labute approximate surface area is 254 Å². The molecular formula is C34H44N4O5. The van der Waals surface area contributed by atoms with Gasteiger partial charge in [0.2, 0.25) is 23.6 Å². The highest BCUT2D eigenvalue weighted by Gasteiger charge is 2.36. The Morgan fingerprint density at radius 2 is 1.67 bits per heavy atom. The van der Waals surface area contributed by atoms with E-state index in [1.54, 1.807) is 4.90 Å². The minimum atomic E-state index is -0.864. The maximum absolute atomic E-state index is 14.0. The number of amides is 4. The van der Waals surface area contributed by atoms with Crippen LogP contribution in [0.5, 0.6) is 5.75 Å². The summed E-state index contributed by atoms with van der Waals surface area (Å²) in [6.07, 6.45) is 8.33. The average molecular weight is 589 g/mol. The van der Waals surface area contributed by atoms with E-state index in [0.29, 0.717) is 63.8 Å². The fraction of sp³-hybridized carbons (Fsp3) is 0.529. The van der Waals surface area contributed by atoms with Gasteiger partial charge in [0, 0.05) is 25.4 Å². The molecule has 5 rings (SSSR count). The van der Waals surface area contributed by atoms with Crippen LogP contribution in [0.2, 0.25) is 0 Å². The molecule has 2 aromatic rings. The third-order valence-electron chi connectivity index (χ3n) is 8.80. The molecule has 2 heterocycles. The third kappa shape index (κ3) is 8.58. The van der Waals surface area contributed by atoms with Crippen LogP contribution in [0.15, 0.2) is 54.6 Å². The van der Waals surface area contributed by atoms with Gasteiger partial charge in [-0.05, 0) is 74.6 Å². The van der Waals surface area contributed by atoms with Gasteiger partial charge in [0.1, 0.15) is 23.9 Å². The van der Waals surface area contributed by atoms with E-state index in [1.807, 2.05) is 54.6 Å². The predicted octanol–water partition coefficient (Wildman–Crippen LogP) is 3.44. The smallest absolute Gasteiger partial charge is 0.243 e. The van der Waals surface area contributed by atoms with E-state index in [0.717, 1.165) is 43.2 Å². The van der Waals surface area contributed by atoms with Crippen LogP contribution in [-0.2, 0) is 32.0 Å². The largest absolute Gasteiger partial charge is 0.494 e. The van der Waals surface area contributed by atoms with Gasteiger partial charge in [-0.3, -0.25) is 19.2 Å². The van der Waals surface area contributed by atoms with E-state index in [9.17, 15) is 19.2 Å². The molecule has 2 fully saturated rings. The van der Waals surface area contributed by atoms with Crippen LogP contribution >= 0.6 is 0 Å². The van der Waals surface area contributed by atoms with Crippen molar-refractivity contribution < 1.29 is 23.9 Å². The summed E-state index contributed by atoms with van der Waals surface area (Å²) in [5.41, 5.74) is 1.94. The second kappa shape index (κ2) is 15.0. The summed E-state index contributed by atoms with van der Waals surface area (Å²) in [4.78, 5) is 55.6. The van der Waals surface area contributed by atoms with Crippen LogP contribution in [0.25, 0.3) is 0 Å². The monoisotopic (exact) mass is 588 g/mol. The standard InChI is InChI=1S/C34H44N4O5/c39-31-17-9-20-38(31)30-23-25-12-8-15-27(22-25)43-21-7-6-16-28(32(40)35-26-13-4-5-14-26)36-33(41)29(37-34(30)42)19-18-24-10-2-1-3-11-24/h1-3,8,10-12,15,22,26,28-30H,4-7,9,13-14,16-21,23H2,(H,35,40)(H,36,41)(H,37,42)/t28-,29-,30-/m0/s1. The lowest BCUT2D eigenvalue weighted by atomic mass is 10.0. The van der Waals surface area contributed by atoms with Gasteiger partial charge in [-0.2, -0.15) is 0 Å². The van der Waals surface area contributed by atoms with Gasteiger partial charge in [0.25, 0.3) is 0 Å². The van der Waals surface area contributed by atoms with E-state index in [1.165, 1.54) is 0 Å². The summed E-state index contributed by atoms with van der Waals surface area (Å²) in [6.45, 7) is 0.972. The van der Waals surface area contributed by atoms with Crippen molar-refractivity contribution in [2.24, 2.45) is 0 Å². The SMILES string of the molecule is O=C(NC1CCCC1)[C@@H]1CCCCOc2cccc(c2)C[C@H](N2CCCC2=O)C(=O)N[C@@H](CCc2ccccc2)C(=O)N1. The van der Waals surface area contributed by atoms with Gasteiger partial charge in [-0.15, -0.1) is 0 Å². The summed E-state index contributed by atoms with van der Waals surface area (Å²) in [6, 6.07) is 15.3. The van der Waals surface area contributed by atoms with Crippen molar-refractivity contribution in [1.82, 2.24) is 20.9 Å². The lowest BCUT2D eigenvalue weighted by Gasteiger charge is -2.30. The fourth-order valence-electron chi connectivity index (χ4n) is 6.37. The molecule has 9 heteroatoms. The molecule has 0 aromatic heterocycles. The Bertz CT molecular complexity index is 1260. The first kappa shape index (κ1) is 30.6. The van der Waals surface area contributed by atoms with Crippen molar-refractivity contribution in [2.45, 2.75) is 101 Å². The number of nitrogens with zero attached hydrogens (tertiary/aromatic N) is 1. The molecule has 230 valence electrons. The number of likely N-dealkylation sites (tertiary alicyclic amines) is 1. The second-order valence-electron chi connectivity index (χ2n) is 12.0. The van der Waals surface area contributed by atoms with Gasteiger partial charge in [-0.1, -0.05) is 55.3 Å². The first-order chi connectivity index (χ1) is 21.0. The maximum atomic E-state index is 14.0. The topological polar surface area (TPSA) is 117 Å². The molecule has 3 atom stereocenters. The molecule has 1 aliphatic carbocycles. The van der Waals surface area contributed by atoms with Gasteiger partial charge in [0.15, 0.2) is 0 Å². The van der Waals surface area contributed by atoms with Gasteiger partial charge in [0.05, 0.1) is 6.61 Å². The average Bonchev–Trinajstić information content (AvgIpc) is 3.69. The summed E-state index contributed by atoms with van der Waals surface area (Å²) >= 11 is 0. The zero-order valence-corrected chi connectivity index (χ0v) is 24.9.